The molecule has 19 heteroatoms. The molecule has 4 aromatic heterocycles. The van der Waals surface area contributed by atoms with Gasteiger partial charge >= 0.3 is 23.0 Å². The van der Waals surface area contributed by atoms with Gasteiger partial charge in [-0.05, 0) is 115 Å². The Morgan fingerprint density at radius 1 is 0.639 bits per heavy atom. The van der Waals surface area contributed by atoms with E-state index in [0.717, 1.165) is 44.4 Å². The summed E-state index contributed by atoms with van der Waals surface area (Å²) in [5.74, 6) is -1.29. The Hall–Kier alpha value is -7.66. The summed E-state index contributed by atoms with van der Waals surface area (Å²) in [6.45, 7) is 6.61. The number of aromatic amines is 1. The molecule has 0 saturated heterocycles. The largest absolute Gasteiger partial charge is 0.506 e. The molecule has 0 fully saturated rings. The molecule has 9 rings (SSSR count). The fourth-order valence-electron chi connectivity index (χ4n) is 5.66. The smallest absolute Gasteiger partial charge is 0.419 e. The SMILES string of the molecule is Cc1ccc(O)c(N)c1.Cc1ccc2oc(=O)[nH]c2c1.Cc1ccc2oc(=O)n(C)c2c1.Cl.Cn1c(=O)oc2ccc(CN)cc21.Cn1c(=O)oc2ccc(CN=[N+]=[N-])cc21. The maximum atomic E-state index is 11.2. The van der Waals surface area contributed by atoms with E-state index in [4.69, 9.17) is 39.8 Å². The average Bonchev–Trinajstić information content (AvgIpc) is 3.92. The number of rotatable bonds is 3. The van der Waals surface area contributed by atoms with Gasteiger partial charge < -0.3 is 34.2 Å². The van der Waals surface area contributed by atoms with Gasteiger partial charge in [-0.2, -0.15) is 0 Å². The molecular formula is C42H44ClN9O9. The number of nitrogens with zero attached hydrogens (tertiary/aromatic N) is 6. The maximum absolute atomic E-state index is 11.2. The van der Waals surface area contributed by atoms with E-state index in [2.05, 4.69) is 15.0 Å². The van der Waals surface area contributed by atoms with Gasteiger partial charge in [-0.15, -0.1) is 12.4 Å². The van der Waals surface area contributed by atoms with Crippen LogP contribution in [-0.4, -0.2) is 23.8 Å². The topological polar surface area (TPSA) is 272 Å². The third-order valence-corrected chi connectivity index (χ3v) is 8.97. The predicted octanol–water partition coefficient (Wildman–Crippen LogP) is 7.11. The first-order chi connectivity index (χ1) is 28.6. The number of aromatic hydroxyl groups is 1. The van der Waals surface area contributed by atoms with Crippen LogP contribution in [0.3, 0.4) is 0 Å². The second kappa shape index (κ2) is 20.3. The Bertz CT molecular complexity index is 3230. The minimum Gasteiger partial charge on any atom is -0.506 e. The van der Waals surface area contributed by atoms with Crippen molar-refractivity contribution in [2.45, 2.75) is 33.9 Å². The summed E-state index contributed by atoms with van der Waals surface area (Å²) in [6.07, 6.45) is 0. The van der Waals surface area contributed by atoms with E-state index in [1.165, 1.54) is 13.7 Å². The minimum atomic E-state index is -0.398. The highest BCUT2D eigenvalue weighted by molar-refractivity contribution is 5.85. The zero-order valence-corrected chi connectivity index (χ0v) is 34.9. The third-order valence-electron chi connectivity index (χ3n) is 8.97. The predicted molar refractivity (Wildman–Crippen MR) is 236 cm³/mol. The van der Waals surface area contributed by atoms with E-state index in [0.29, 0.717) is 40.1 Å². The van der Waals surface area contributed by atoms with Crippen molar-refractivity contribution in [1.82, 2.24) is 18.7 Å². The number of azide groups is 1. The zero-order valence-electron chi connectivity index (χ0n) is 34.0. The standard InChI is InChI=1S/C9H8N4O2.C9H10N2O2.C9H9NO2.C8H7NO2.C7H9NO.ClH/c1-13-7-4-6(5-11-12-10)2-3-8(7)15-9(13)14;1-11-7-4-6(5-10)2-3-8(7)13-9(11)12;1-6-3-4-8-7(5-6)10(2)9(11)12-8;1-5-2-3-7-6(4-5)9-8(10)11-7;1-5-2-3-7(9)6(8)4-5;/h2-4H,5H2,1H3;2-4H,5,10H2,1H3;3-5H,1-2H3;2-4H,1H3,(H,9,10);2-4,9H,8H2,1H3;1H. The van der Waals surface area contributed by atoms with Crippen molar-refractivity contribution in [2.24, 2.45) is 32.0 Å². The first-order valence-electron chi connectivity index (χ1n) is 18.2. The molecule has 61 heavy (non-hydrogen) atoms. The molecule has 0 unspecified atom stereocenters. The van der Waals surface area contributed by atoms with Crippen molar-refractivity contribution in [1.29, 1.82) is 0 Å². The Morgan fingerprint density at radius 2 is 1.08 bits per heavy atom. The highest BCUT2D eigenvalue weighted by atomic mass is 35.5. The molecule has 318 valence electrons. The van der Waals surface area contributed by atoms with Crippen molar-refractivity contribution in [3.63, 3.8) is 0 Å². The lowest BCUT2D eigenvalue weighted by Crippen LogP contribution is -2.08. The van der Waals surface area contributed by atoms with Crippen molar-refractivity contribution < 1.29 is 22.8 Å². The summed E-state index contributed by atoms with van der Waals surface area (Å²) < 4.78 is 24.1. The van der Waals surface area contributed by atoms with Gasteiger partial charge in [0.05, 0.1) is 34.3 Å². The summed E-state index contributed by atoms with van der Waals surface area (Å²) in [4.78, 5) is 49.3. The summed E-state index contributed by atoms with van der Waals surface area (Å²) in [7, 11) is 5.01. The molecular weight excluding hydrogens is 810 g/mol. The molecule has 0 amide bonds. The van der Waals surface area contributed by atoms with E-state index in [1.54, 1.807) is 63.6 Å². The van der Waals surface area contributed by atoms with Crippen LogP contribution < -0.4 is 34.5 Å². The van der Waals surface area contributed by atoms with Crippen LogP contribution in [0, 0.1) is 20.8 Å². The molecule has 0 saturated carbocycles. The lowest BCUT2D eigenvalue weighted by atomic mass is 10.2. The quantitative estimate of drug-likeness (QED) is 0.0457. The van der Waals surface area contributed by atoms with Crippen LogP contribution in [0.4, 0.5) is 5.69 Å². The first-order valence-corrected chi connectivity index (χ1v) is 18.2. The van der Waals surface area contributed by atoms with E-state index >= 15 is 0 Å². The summed E-state index contributed by atoms with van der Waals surface area (Å²) in [5, 5.41) is 12.4. The number of H-pyrrole nitrogens is 1. The van der Waals surface area contributed by atoms with E-state index in [1.807, 2.05) is 69.3 Å². The normalized spacial score (nSPS) is 10.3. The third kappa shape index (κ3) is 11.5. The van der Waals surface area contributed by atoms with Gasteiger partial charge in [0.1, 0.15) is 5.75 Å². The van der Waals surface area contributed by atoms with Gasteiger partial charge in [-0.3, -0.25) is 18.7 Å². The van der Waals surface area contributed by atoms with Gasteiger partial charge in [0.25, 0.3) is 0 Å². The number of oxazole rings is 4. The molecule has 0 atom stereocenters. The highest BCUT2D eigenvalue weighted by Gasteiger charge is 2.07. The zero-order chi connectivity index (χ0) is 43.7. The van der Waals surface area contributed by atoms with Gasteiger partial charge in [0, 0.05) is 32.6 Å². The fraction of sp³-hybridized carbons (Fsp3) is 0.190. The van der Waals surface area contributed by atoms with Crippen molar-refractivity contribution in [3.8, 4) is 5.75 Å². The number of phenols is 1. The molecule has 4 heterocycles. The second-order valence-corrected chi connectivity index (χ2v) is 13.5. The summed E-state index contributed by atoms with van der Waals surface area (Å²) in [5.41, 5.74) is 30.1. The lowest BCUT2D eigenvalue weighted by molar-refractivity contribution is 0.478. The van der Waals surface area contributed by atoms with Crippen molar-refractivity contribution in [3.05, 3.63) is 171 Å². The number of aromatic nitrogens is 4. The van der Waals surface area contributed by atoms with E-state index in [9.17, 15) is 19.2 Å². The molecule has 0 radical (unpaired) electrons. The monoisotopic (exact) mass is 853 g/mol. The Morgan fingerprint density at radius 3 is 1.59 bits per heavy atom. The number of nitrogen functional groups attached to an aromatic ring is 1. The minimum absolute atomic E-state index is 0. The number of nitrogens with two attached hydrogens (primary N) is 2. The van der Waals surface area contributed by atoms with Crippen molar-refractivity contribution in [2.75, 3.05) is 5.73 Å². The molecule has 0 aliphatic heterocycles. The van der Waals surface area contributed by atoms with Crippen LogP contribution in [-0.2, 0) is 34.2 Å². The molecule has 18 nitrogen and oxygen atoms in total. The van der Waals surface area contributed by atoms with Crippen LogP contribution >= 0.6 is 12.4 Å². The van der Waals surface area contributed by atoms with Crippen LogP contribution in [0.15, 0.2) is 133 Å². The summed E-state index contributed by atoms with van der Waals surface area (Å²) in [6, 6.07) is 27.1. The highest BCUT2D eigenvalue weighted by Crippen LogP contribution is 2.20. The number of benzene rings is 5. The van der Waals surface area contributed by atoms with Crippen LogP contribution in [0.5, 0.6) is 5.75 Å². The molecule has 0 aliphatic rings. The number of halogens is 1. The molecule has 5 aromatic carbocycles. The molecule has 9 aromatic rings. The average molecular weight is 854 g/mol. The van der Waals surface area contributed by atoms with Crippen molar-refractivity contribution >= 4 is 62.5 Å². The number of hydrogen-bond donors (Lipinski definition) is 4. The Balaban J connectivity index is 0.000000169. The van der Waals surface area contributed by atoms with Crippen LogP contribution in [0.1, 0.15) is 27.8 Å². The van der Waals surface area contributed by atoms with Gasteiger partial charge in [-0.1, -0.05) is 35.4 Å². The van der Waals surface area contributed by atoms with Gasteiger partial charge in [0.15, 0.2) is 22.3 Å². The number of anilines is 1. The van der Waals surface area contributed by atoms with Gasteiger partial charge in [0.2, 0.25) is 0 Å². The fourth-order valence-corrected chi connectivity index (χ4v) is 5.66. The molecule has 6 N–H and O–H groups in total. The lowest BCUT2D eigenvalue weighted by Gasteiger charge is -1.97. The molecule has 0 bridgehead atoms. The maximum Gasteiger partial charge on any atom is 0.419 e. The Kier molecular flexibility index (Phi) is 15.4. The van der Waals surface area contributed by atoms with Gasteiger partial charge in [-0.25, -0.2) is 19.2 Å². The summed E-state index contributed by atoms with van der Waals surface area (Å²) >= 11 is 0. The number of fused-ring (bicyclic) bond motifs is 4. The van der Waals surface area contributed by atoms with Crippen LogP contribution in [0.25, 0.3) is 54.8 Å². The van der Waals surface area contributed by atoms with E-state index < -0.39 is 11.5 Å². The van der Waals surface area contributed by atoms with Crippen LogP contribution in [0.2, 0.25) is 0 Å². The number of hydrogen-bond acceptors (Lipinski definition) is 12. The molecule has 0 aliphatic carbocycles. The second-order valence-electron chi connectivity index (χ2n) is 13.5. The molecule has 0 spiro atoms. The number of aryl methyl sites for hydroxylation is 6. The number of phenolic OH excluding ortho intramolecular Hbond substituents is 1. The number of nitrogens with one attached hydrogen (secondary N) is 1. The van der Waals surface area contributed by atoms with E-state index in [-0.39, 0.29) is 36.2 Å². The Labute approximate surface area is 351 Å². The first kappa shape index (κ1) is 46.0.